The van der Waals surface area contributed by atoms with Crippen LogP contribution in [0.4, 0.5) is 0 Å². The van der Waals surface area contributed by atoms with Gasteiger partial charge >= 0.3 is 0 Å². The monoisotopic (exact) mass is 235 g/mol. The van der Waals surface area contributed by atoms with E-state index < -0.39 is 15.3 Å². The Morgan fingerprint density at radius 2 is 1.87 bits per heavy atom. The highest BCUT2D eigenvalue weighted by Gasteiger charge is 2.34. The van der Waals surface area contributed by atoms with Gasteiger partial charge in [-0.2, -0.15) is 0 Å². The lowest BCUT2D eigenvalue weighted by Gasteiger charge is -2.26. The number of rotatable bonds is 5. The molecule has 1 fully saturated rings. The van der Waals surface area contributed by atoms with Gasteiger partial charge in [0.15, 0.2) is 0 Å². The van der Waals surface area contributed by atoms with Gasteiger partial charge in [0, 0.05) is 18.6 Å². The topological polar surface area (TPSA) is 66.4 Å². The van der Waals surface area contributed by atoms with E-state index in [4.69, 9.17) is 0 Å². The first-order chi connectivity index (χ1) is 6.92. The smallest absolute Gasteiger partial charge is 0.213 e. The van der Waals surface area contributed by atoms with E-state index >= 15 is 0 Å². The van der Waals surface area contributed by atoms with E-state index in [0.717, 1.165) is 25.7 Å². The highest BCUT2D eigenvalue weighted by atomic mass is 32.2. The van der Waals surface area contributed by atoms with Crippen LogP contribution in [0, 0.1) is 5.41 Å². The van der Waals surface area contributed by atoms with Crippen molar-refractivity contribution in [3.8, 4) is 0 Å². The second-order valence-electron chi connectivity index (χ2n) is 4.78. The van der Waals surface area contributed by atoms with Crippen molar-refractivity contribution in [1.29, 1.82) is 0 Å². The molecular weight excluding hydrogens is 214 g/mol. The summed E-state index contributed by atoms with van der Waals surface area (Å²) in [5, 5.41) is 8.91. The van der Waals surface area contributed by atoms with Gasteiger partial charge in [0.2, 0.25) is 10.0 Å². The number of aliphatic hydroxyl groups excluding tert-OH is 1. The summed E-state index contributed by atoms with van der Waals surface area (Å²) in [7, 11) is -3.20. The summed E-state index contributed by atoms with van der Waals surface area (Å²) in [6.45, 7) is 3.77. The maximum Gasteiger partial charge on any atom is 0.213 e. The van der Waals surface area contributed by atoms with Crippen molar-refractivity contribution in [3.05, 3.63) is 0 Å². The van der Waals surface area contributed by atoms with Crippen molar-refractivity contribution in [2.75, 3.05) is 13.2 Å². The lowest BCUT2D eigenvalue weighted by molar-refractivity contribution is 0.134. The number of nitrogens with one attached hydrogen (secondary N) is 1. The van der Waals surface area contributed by atoms with Gasteiger partial charge in [0.25, 0.3) is 0 Å². The normalized spacial score (nSPS) is 21.1. The summed E-state index contributed by atoms with van der Waals surface area (Å²) in [5.41, 5.74) is -0.206. The summed E-state index contributed by atoms with van der Waals surface area (Å²) in [6, 6.07) is 0. The number of aliphatic hydroxyl groups is 1. The van der Waals surface area contributed by atoms with Gasteiger partial charge < -0.3 is 5.11 Å². The molecule has 15 heavy (non-hydrogen) atoms. The molecule has 0 aromatic rings. The quantitative estimate of drug-likeness (QED) is 0.743. The van der Waals surface area contributed by atoms with Gasteiger partial charge in [-0.05, 0) is 26.7 Å². The summed E-state index contributed by atoms with van der Waals surface area (Å²) in [5.74, 6) is 0. The molecule has 0 saturated heterocycles. The van der Waals surface area contributed by atoms with Gasteiger partial charge in [-0.25, -0.2) is 13.1 Å². The van der Waals surface area contributed by atoms with Crippen LogP contribution < -0.4 is 4.72 Å². The largest absolute Gasteiger partial charge is 0.396 e. The maximum atomic E-state index is 11.6. The minimum atomic E-state index is -3.20. The summed E-state index contributed by atoms with van der Waals surface area (Å²) >= 11 is 0. The Kier molecular flexibility index (Phi) is 4.14. The van der Waals surface area contributed by atoms with Crippen molar-refractivity contribution < 1.29 is 13.5 Å². The van der Waals surface area contributed by atoms with E-state index in [1.165, 1.54) is 0 Å². The lowest BCUT2D eigenvalue weighted by atomic mass is 9.88. The van der Waals surface area contributed by atoms with E-state index in [-0.39, 0.29) is 12.0 Å². The molecule has 0 aromatic heterocycles. The molecule has 0 unspecified atom stereocenters. The zero-order chi connectivity index (χ0) is 11.5. The highest BCUT2D eigenvalue weighted by Crippen LogP contribution is 2.37. The standard InChI is InChI=1S/C10H21NO3S/c1-9(2)15(13,14)11-7-10(8-12)5-3-4-6-10/h9,11-12H,3-8H2,1-2H3. The van der Waals surface area contributed by atoms with Gasteiger partial charge in [-0.3, -0.25) is 0 Å². The number of sulfonamides is 1. The molecule has 0 aromatic carbocycles. The average molecular weight is 235 g/mol. The number of hydrogen-bond donors (Lipinski definition) is 2. The molecular formula is C10H21NO3S. The van der Waals surface area contributed by atoms with Crippen molar-refractivity contribution in [2.24, 2.45) is 5.41 Å². The van der Waals surface area contributed by atoms with Crippen molar-refractivity contribution in [3.63, 3.8) is 0 Å². The molecule has 0 heterocycles. The lowest BCUT2D eigenvalue weighted by Crippen LogP contribution is -2.40. The SMILES string of the molecule is CC(C)S(=O)(=O)NCC1(CO)CCCC1. The molecule has 1 aliphatic rings. The Hall–Kier alpha value is -0.130. The van der Waals surface area contributed by atoms with Crippen LogP contribution in [0.3, 0.4) is 0 Å². The predicted octanol–water partition coefficient (Wildman–Crippen LogP) is 0.867. The fourth-order valence-electron chi connectivity index (χ4n) is 1.94. The molecule has 0 spiro atoms. The Labute approximate surface area is 92.1 Å². The van der Waals surface area contributed by atoms with Crippen LogP contribution in [0.15, 0.2) is 0 Å². The molecule has 1 saturated carbocycles. The van der Waals surface area contributed by atoms with Gasteiger partial charge in [0.05, 0.1) is 5.25 Å². The Morgan fingerprint density at radius 3 is 2.27 bits per heavy atom. The van der Waals surface area contributed by atoms with Crippen LogP contribution in [0.2, 0.25) is 0 Å². The minimum absolute atomic E-state index is 0.0770. The van der Waals surface area contributed by atoms with E-state index in [9.17, 15) is 13.5 Å². The second-order valence-corrected chi connectivity index (χ2v) is 7.10. The molecule has 5 heteroatoms. The summed E-state index contributed by atoms with van der Waals surface area (Å²) < 4.78 is 25.7. The van der Waals surface area contributed by atoms with Gasteiger partial charge in [0.1, 0.15) is 0 Å². The molecule has 0 aliphatic heterocycles. The van der Waals surface area contributed by atoms with E-state index in [2.05, 4.69) is 4.72 Å². The zero-order valence-corrected chi connectivity index (χ0v) is 10.3. The molecule has 2 N–H and O–H groups in total. The molecule has 0 atom stereocenters. The first kappa shape index (κ1) is 12.9. The first-order valence-corrected chi connectivity index (χ1v) is 7.06. The van der Waals surface area contributed by atoms with E-state index in [0.29, 0.717) is 6.54 Å². The summed E-state index contributed by atoms with van der Waals surface area (Å²) in [4.78, 5) is 0. The van der Waals surface area contributed by atoms with Crippen LogP contribution in [0.5, 0.6) is 0 Å². The van der Waals surface area contributed by atoms with E-state index in [1.807, 2.05) is 0 Å². The summed E-state index contributed by atoms with van der Waals surface area (Å²) in [6.07, 6.45) is 4.02. The molecule has 0 amide bonds. The third-order valence-corrected chi connectivity index (χ3v) is 5.06. The van der Waals surface area contributed by atoms with Crippen molar-refractivity contribution >= 4 is 10.0 Å². The Bertz CT molecular complexity index is 292. The fourth-order valence-corrected chi connectivity index (χ4v) is 2.78. The molecule has 0 bridgehead atoms. The van der Waals surface area contributed by atoms with Crippen LogP contribution in [-0.2, 0) is 10.0 Å². The minimum Gasteiger partial charge on any atom is -0.396 e. The second kappa shape index (κ2) is 4.80. The predicted molar refractivity (Wildman–Crippen MR) is 60.0 cm³/mol. The molecule has 0 radical (unpaired) electrons. The molecule has 1 aliphatic carbocycles. The van der Waals surface area contributed by atoms with Crippen molar-refractivity contribution in [1.82, 2.24) is 4.72 Å². The van der Waals surface area contributed by atoms with Gasteiger partial charge in [-0.1, -0.05) is 12.8 Å². The van der Waals surface area contributed by atoms with Crippen LogP contribution in [0.25, 0.3) is 0 Å². The fraction of sp³-hybridized carbons (Fsp3) is 1.00. The number of hydrogen-bond acceptors (Lipinski definition) is 3. The van der Waals surface area contributed by atoms with E-state index in [1.54, 1.807) is 13.8 Å². The average Bonchev–Trinajstić information content (AvgIpc) is 2.64. The molecule has 1 rings (SSSR count). The first-order valence-electron chi connectivity index (χ1n) is 5.51. The third-order valence-electron chi connectivity index (χ3n) is 3.27. The van der Waals surface area contributed by atoms with Crippen LogP contribution >= 0.6 is 0 Å². The highest BCUT2D eigenvalue weighted by molar-refractivity contribution is 7.90. The third kappa shape index (κ3) is 3.16. The Morgan fingerprint density at radius 1 is 1.33 bits per heavy atom. The Balaban J connectivity index is 2.55. The van der Waals surface area contributed by atoms with Crippen LogP contribution in [-0.4, -0.2) is 31.9 Å². The zero-order valence-electron chi connectivity index (χ0n) is 9.49. The van der Waals surface area contributed by atoms with Gasteiger partial charge in [-0.15, -0.1) is 0 Å². The maximum absolute atomic E-state index is 11.6. The van der Waals surface area contributed by atoms with Crippen LogP contribution in [0.1, 0.15) is 39.5 Å². The van der Waals surface area contributed by atoms with Crippen molar-refractivity contribution in [2.45, 2.75) is 44.8 Å². The molecule has 4 nitrogen and oxygen atoms in total. The molecule has 90 valence electrons.